The molecule has 2 nitrogen and oxygen atoms in total. The summed E-state index contributed by atoms with van der Waals surface area (Å²) in [6.07, 6.45) is 0.497. The molecular formula is C11H6Br2Cl2N2. The van der Waals surface area contributed by atoms with E-state index >= 15 is 0 Å². The Balaban J connectivity index is 2.38. The van der Waals surface area contributed by atoms with Gasteiger partial charge in [0.25, 0.3) is 0 Å². The third kappa shape index (κ3) is 3.41. The van der Waals surface area contributed by atoms with Crippen LogP contribution in [0.5, 0.6) is 0 Å². The van der Waals surface area contributed by atoms with Crippen molar-refractivity contribution >= 4 is 55.1 Å². The zero-order valence-corrected chi connectivity index (χ0v) is 13.1. The zero-order chi connectivity index (χ0) is 12.4. The topological polar surface area (TPSA) is 25.8 Å². The van der Waals surface area contributed by atoms with Crippen molar-refractivity contribution < 1.29 is 0 Å². The standard InChI is InChI=1S/C11H6Br2Cl2N2/c12-9-5-10(13)17-11(16-9)4-6-7(14)2-1-3-8(6)15/h1-3,5H,4H2. The number of hydrogen-bond donors (Lipinski definition) is 0. The first kappa shape index (κ1) is 13.3. The van der Waals surface area contributed by atoms with Gasteiger partial charge in [-0.25, -0.2) is 9.97 Å². The van der Waals surface area contributed by atoms with Crippen molar-refractivity contribution in [3.8, 4) is 0 Å². The summed E-state index contributed by atoms with van der Waals surface area (Å²) in [6.45, 7) is 0. The summed E-state index contributed by atoms with van der Waals surface area (Å²) < 4.78 is 1.44. The summed E-state index contributed by atoms with van der Waals surface area (Å²) in [4.78, 5) is 8.54. The molecule has 2 aromatic rings. The molecule has 88 valence electrons. The number of benzene rings is 1. The van der Waals surface area contributed by atoms with Crippen molar-refractivity contribution in [2.24, 2.45) is 0 Å². The van der Waals surface area contributed by atoms with Crippen LogP contribution in [0.3, 0.4) is 0 Å². The Kier molecular flexibility index (Phi) is 4.42. The molecule has 0 N–H and O–H groups in total. The van der Waals surface area contributed by atoms with Crippen LogP contribution in [-0.2, 0) is 6.42 Å². The van der Waals surface area contributed by atoms with Crippen molar-refractivity contribution in [1.82, 2.24) is 9.97 Å². The van der Waals surface area contributed by atoms with E-state index in [4.69, 9.17) is 23.2 Å². The normalized spacial score (nSPS) is 10.6. The molecule has 0 spiro atoms. The highest BCUT2D eigenvalue weighted by Gasteiger charge is 2.09. The molecule has 17 heavy (non-hydrogen) atoms. The van der Waals surface area contributed by atoms with Crippen LogP contribution in [0.2, 0.25) is 10.0 Å². The minimum Gasteiger partial charge on any atom is -0.226 e. The Bertz CT molecular complexity index is 521. The summed E-state index contributed by atoms with van der Waals surface area (Å²) in [7, 11) is 0. The van der Waals surface area contributed by atoms with Gasteiger partial charge in [-0.15, -0.1) is 0 Å². The largest absolute Gasteiger partial charge is 0.226 e. The molecule has 2 rings (SSSR count). The monoisotopic (exact) mass is 394 g/mol. The molecule has 0 fully saturated rings. The summed E-state index contributed by atoms with van der Waals surface area (Å²) in [5, 5.41) is 1.24. The van der Waals surface area contributed by atoms with Gasteiger partial charge < -0.3 is 0 Å². The fourth-order valence-corrected chi connectivity index (χ4v) is 3.05. The molecule has 6 heteroatoms. The zero-order valence-electron chi connectivity index (χ0n) is 8.42. The summed E-state index contributed by atoms with van der Waals surface area (Å²) >= 11 is 18.8. The Hall–Kier alpha value is -0.160. The molecule has 0 aliphatic carbocycles. The molecule has 0 aliphatic rings. The number of aromatic nitrogens is 2. The van der Waals surface area contributed by atoms with Crippen LogP contribution in [0, 0.1) is 0 Å². The molecule has 0 aliphatic heterocycles. The first-order chi connectivity index (χ1) is 8.06. The van der Waals surface area contributed by atoms with Crippen molar-refractivity contribution in [3.05, 3.63) is 54.9 Å². The van der Waals surface area contributed by atoms with E-state index in [2.05, 4.69) is 41.8 Å². The fraction of sp³-hybridized carbons (Fsp3) is 0.0909. The van der Waals surface area contributed by atoms with Gasteiger partial charge in [-0.05, 0) is 49.6 Å². The lowest BCUT2D eigenvalue weighted by Crippen LogP contribution is -1.98. The molecule has 0 unspecified atom stereocenters. The van der Waals surface area contributed by atoms with Gasteiger partial charge in [0, 0.05) is 22.5 Å². The third-order valence-corrected chi connectivity index (χ3v) is 3.63. The minimum absolute atomic E-state index is 0.497. The van der Waals surface area contributed by atoms with Gasteiger partial charge >= 0.3 is 0 Å². The summed E-state index contributed by atoms with van der Waals surface area (Å²) in [6, 6.07) is 7.19. The SMILES string of the molecule is Clc1cccc(Cl)c1Cc1nc(Br)cc(Br)n1. The van der Waals surface area contributed by atoms with Crippen LogP contribution in [0.4, 0.5) is 0 Å². The lowest BCUT2D eigenvalue weighted by Gasteiger charge is -2.06. The molecule has 0 radical (unpaired) electrons. The van der Waals surface area contributed by atoms with Crippen LogP contribution >= 0.6 is 55.1 Å². The first-order valence-electron chi connectivity index (χ1n) is 4.68. The molecule has 0 saturated heterocycles. The predicted octanol–water partition coefficient (Wildman–Crippen LogP) is 4.90. The second-order valence-electron chi connectivity index (χ2n) is 3.31. The second-order valence-corrected chi connectivity index (χ2v) is 5.75. The van der Waals surface area contributed by atoms with Gasteiger partial charge in [-0.1, -0.05) is 29.3 Å². The van der Waals surface area contributed by atoms with Gasteiger partial charge in [0.2, 0.25) is 0 Å². The summed E-state index contributed by atoms with van der Waals surface area (Å²) in [5.74, 6) is 0.654. The van der Waals surface area contributed by atoms with Crippen molar-refractivity contribution in [2.45, 2.75) is 6.42 Å². The quantitative estimate of drug-likeness (QED) is 0.675. The summed E-state index contributed by atoms with van der Waals surface area (Å²) in [5.41, 5.74) is 0.834. The van der Waals surface area contributed by atoms with E-state index in [1.54, 1.807) is 18.2 Å². The Morgan fingerprint density at radius 2 is 1.53 bits per heavy atom. The predicted molar refractivity (Wildman–Crippen MR) is 76.7 cm³/mol. The average Bonchev–Trinajstić information content (AvgIpc) is 2.22. The van der Waals surface area contributed by atoms with E-state index in [9.17, 15) is 0 Å². The van der Waals surface area contributed by atoms with Crippen LogP contribution in [0.15, 0.2) is 33.5 Å². The van der Waals surface area contributed by atoms with Gasteiger partial charge in [0.05, 0.1) is 0 Å². The van der Waals surface area contributed by atoms with Crippen LogP contribution in [-0.4, -0.2) is 9.97 Å². The van der Waals surface area contributed by atoms with E-state index in [0.717, 1.165) is 14.8 Å². The third-order valence-electron chi connectivity index (χ3n) is 2.11. The maximum Gasteiger partial charge on any atom is 0.135 e. The van der Waals surface area contributed by atoms with Gasteiger partial charge in [0.1, 0.15) is 15.0 Å². The van der Waals surface area contributed by atoms with Gasteiger partial charge in [-0.2, -0.15) is 0 Å². The van der Waals surface area contributed by atoms with E-state index in [-0.39, 0.29) is 0 Å². The average molecular weight is 397 g/mol. The van der Waals surface area contributed by atoms with Crippen molar-refractivity contribution in [1.29, 1.82) is 0 Å². The van der Waals surface area contributed by atoms with Crippen molar-refractivity contribution in [3.63, 3.8) is 0 Å². The maximum atomic E-state index is 6.10. The highest BCUT2D eigenvalue weighted by Crippen LogP contribution is 2.26. The van der Waals surface area contributed by atoms with Crippen LogP contribution in [0.25, 0.3) is 0 Å². The minimum atomic E-state index is 0.497. The van der Waals surface area contributed by atoms with E-state index < -0.39 is 0 Å². The molecule has 1 aromatic carbocycles. The molecule has 0 atom stereocenters. The Labute approximate surface area is 126 Å². The lowest BCUT2D eigenvalue weighted by molar-refractivity contribution is 0.941. The smallest absolute Gasteiger partial charge is 0.135 e. The first-order valence-corrected chi connectivity index (χ1v) is 7.02. The number of nitrogens with zero attached hydrogens (tertiary/aromatic N) is 2. The van der Waals surface area contributed by atoms with E-state index in [0.29, 0.717) is 22.3 Å². The molecule has 0 bridgehead atoms. The van der Waals surface area contributed by atoms with Crippen LogP contribution in [0.1, 0.15) is 11.4 Å². The Morgan fingerprint density at radius 3 is 2.06 bits per heavy atom. The van der Waals surface area contributed by atoms with Crippen LogP contribution < -0.4 is 0 Å². The molecule has 1 heterocycles. The van der Waals surface area contributed by atoms with E-state index in [1.165, 1.54) is 0 Å². The van der Waals surface area contributed by atoms with Gasteiger partial charge in [0.15, 0.2) is 0 Å². The molecule has 0 amide bonds. The second kappa shape index (κ2) is 5.65. The fourth-order valence-electron chi connectivity index (χ4n) is 1.37. The lowest BCUT2D eigenvalue weighted by atomic mass is 10.1. The number of halogens is 4. The highest BCUT2D eigenvalue weighted by atomic mass is 79.9. The molecule has 1 aromatic heterocycles. The molecule has 0 saturated carbocycles. The maximum absolute atomic E-state index is 6.10. The molecular weight excluding hydrogens is 391 g/mol. The van der Waals surface area contributed by atoms with E-state index in [1.807, 2.05) is 6.07 Å². The van der Waals surface area contributed by atoms with Gasteiger partial charge in [-0.3, -0.25) is 0 Å². The number of hydrogen-bond acceptors (Lipinski definition) is 2. The highest BCUT2D eigenvalue weighted by molar-refractivity contribution is 9.11. The number of rotatable bonds is 2. The Morgan fingerprint density at radius 1 is 1.00 bits per heavy atom. The van der Waals surface area contributed by atoms with Crippen molar-refractivity contribution in [2.75, 3.05) is 0 Å².